The Balaban J connectivity index is 2.90. The third kappa shape index (κ3) is 4.41. The van der Waals surface area contributed by atoms with E-state index in [1.165, 1.54) is 12.7 Å². The number of hydrogen-bond acceptors (Lipinski definition) is 4. The summed E-state index contributed by atoms with van der Waals surface area (Å²) in [5.74, 6) is -0.452. The SMILES string of the molecule is COC(=O)C(=CN(C)C)N=Cc1ccc(C)cc1. The molecule has 0 radical (unpaired) electrons. The molecule has 0 spiro atoms. The third-order valence-corrected chi connectivity index (χ3v) is 2.21. The van der Waals surface area contributed by atoms with Gasteiger partial charge in [-0.2, -0.15) is 0 Å². The van der Waals surface area contributed by atoms with Crippen molar-refractivity contribution >= 4 is 12.2 Å². The molecular weight excluding hydrogens is 228 g/mol. The molecule has 0 N–H and O–H groups in total. The number of benzene rings is 1. The van der Waals surface area contributed by atoms with Crippen molar-refractivity contribution < 1.29 is 9.53 Å². The van der Waals surface area contributed by atoms with E-state index in [4.69, 9.17) is 0 Å². The van der Waals surface area contributed by atoms with E-state index < -0.39 is 5.97 Å². The summed E-state index contributed by atoms with van der Waals surface area (Å²) in [5.41, 5.74) is 2.39. The topological polar surface area (TPSA) is 41.9 Å². The van der Waals surface area contributed by atoms with Crippen LogP contribution in [0, 0.1) is 6.92 Å². The van der Waals surface area contributed by atoms with Crippen LogP contribution in [0.1, 0.15) is 11.1 Å². The molecule has 0 aromatic heterocycles. The first-order valence-electron chi connectivity index (χ1n) is 5.60. The molecule has 4 heteroatoms. The average Bonchev–Trinajstić information content (AvgIpc) is 2.35. The Morgan fingerprint density at radius 3 is 2.39 bits per heavy atom. The third-order valence-electron chi connectivity index (χ3n) is 2.21. The number of methoxy groups -OCH3 is 1. The van der Waals surface area contributed by atoms with Crippen molar-refractivity contribution in [1.29, 1.82) is 0 Å². The number of carbonyl (C=O) groups excluding carboxylic acids is 1. The van der Waals surface area contributed by atoms with Crippen LogP contribution in [0.4, 0.5) is 0 Å². The van der Waals surface area contributed by atoms with Crippen molar-refractivity contribution in [2.24, 2.45) is 4.99 Å². The van der Waals surface area contributed by atoms with E-state index in [2.05, 4.69) is 9.73 Å². The van der Waals surface area contributed by atoms with Crippen molar-refractivity contribution in [3.05, 3.63) is 47.3 Å². The zero-order chi connectivity index (χ0) is 13.5. The second-order valence-corrected chi connectivity index (χ2v) is 4.14. The molecule has 0 unspecified atom stereocenters. The van der Waals surface area contributed by atoms with Gasteiger partial charge in [0.05, 0.1) is 7.11 Å². The molecule has 96 valence electrons. The first-order valence-corrected chi connectivity index (χ1v) is 5.60. The molecule has 0 aliphatic carbocycles. The molecule has 0 bridgehead atoms. The van der Waals surface area contributed by atoms with Gasteiger partial charge in [-0.25, -0.2) is 9.79 Å². The lowest BCUT2D eigenvalue weighted by molar-refractivity contribution is -0.136. The van der Waals surface area contributed by atoms with E-state index >= 15 is 0 Å². The second-order valence-electron chi connectivity index (χ2n) is 4.14. The fourth-order valence-electron chi connectivity index (χ4n) is 1.28. The summed E-state index contributed by atoms with van der Waals surface area (Å²) in [6.45, 7) is 2.02. The first kappa shape index (κ1) is 14.0. The molecule has 0 saturated carbocycles. The minimum absolute atomic E-state index is 0.267. The van der Waals surface area contributed by atoms with Crippen molar-refractivity contribution in [1.82, 2.24) is 4.90 Å². The van der Waals surface area contributed by atoms with Crippen molar-refractivity contribution in [2.75, 3.05) is 21.2 Å². The summed E-state index contributed by atoms with van der Waals surface area (Å²) < 4.78 is 4.67. The van der Waals surface area contributed by atoms with E-state index in [0.717, 1.165) is 5.56 Å². The maximum absolute atomic E-state index is 11.5. The molecule has 0 saturated heterocycles. The number of ether oxygens (including phenoxy) is 1. The summed E-state index contributed by atoms with van der Waals surface area (Å²) in [6.07, 6.45) is 3.27. The van der Waals surface area contributed by atoms with E-state index in [-0.39, 0.29) is 5.70 Å². The highest BCUT2D eigenvalue weighted by Gasteiger charge is 2.07. The molecule has 1 aromatic rings. The zero-order valence-corrected chi connectivity index (χ0v) is 11.2. The zero-order valence-electron chi connectivity index (χ0n) is 11.2. The van der Waals surface area contributed by atoms with Gasteiger partial charge in [-0.1, -0.05) is 29.8 Å². The first-order chi connectivity index (χ1) is 8.52. The maximum atomic E-state index is 11.5. The van der Waals surface area contributed by atoms with Gasteiger partial charge in [-0.3, -0.25) is 0 Å². The van der Waals surface area contributed by atoms with Crippen LogP contribution in [0.5, 0.6) is 0 Å². The van der Waals surface area contributed by atoms with Crippen LogP contribution in [0.2, 0.25) is 0 Å². The monoisotopic (exact) mass is 246 g/mol. The number of aryl methyl sites for hydroxylation is 1. The van der Waals surface area contributed by atoms with Gasteiger partial charge in [-0.05, 0) is 12.5 Å². The second kappa shape index (κ2) is 6.59. The average molecular weight is 246 g/mol. The lowest BCUT2D eigenvalue weighted by atomic mass is 10.2. The molecule has 18 heavy (non-hydrogen) atoms. The summed E-state index contributed by atoms with van der Waals surface area (Å²) in [5, 5.41) is 0. The highest BCUT2D eigenvalue weighted by molar-refractivity contribution is 5.92. The number of carbonyl (C=O) groups is 1. The molecule has 1 aromatic carbocycles. The van der Waals surface area contributed by atoms with E-state index in [1.807, 2.05) is 45.3 Å². The normalized spacial score (nSPS) is 11.7. The Labute approximate surface area is 108 Å². The molecule has 0 atom stereocenters. The van der Waals surface area contributed by atoms with Crippen LogP contribution < -0.4 is 0 Å². The fourth-order valence-corrected chi connectivity index (χ4v) is 1.28. The van der Waals surface area contributed by atoms with Crippen LogP contribution in [0.15, 0.2) is 41.2 Å². The number of hydrogen-bond donors (Lipinski definition) is 0. The quantitative estimate of drug-likeness (QED) is 0.463. The van der Waals surface area contributed by atoms with Gasteiger partial charge in [0, 0.05) is 26.5 Å². The highest BCUT2D eigenvalue weighted by Crippen LogP contribution is 2.04. The number of esters is 1. The highest BCUT2D eigenvalue weighted by atomic mass is 16.5. The summed E-state index contributed by atoms with van der Waals surface area (Å²) in [6, 6.07) is 7.89. The summed E-state index contributed by atoms with van der Waals surface area (Å²) in [7, 11) is 4.99. The Morgan fingerprint density at radius 2 is 1.89 bits per heavy atom. The molecule has 0 heterocycles. The van der Waals surface area contributed by atoms with Gasteiger partial charge >= 0.3 is 5.97 Å². The van der Waals surface area contributed by atoms with Crippen LogP contribution in [0.25, 0.3) is 0 Å². The van der Waals surface area contributed by atoms with Crippen LogP contribution in [-0.4, -0.2) is 38.3 Å². The van der Waals surface area contributed by atoms with Gasteiger partial charge in [0.2, 0.25) is 0 Å². The Bertz CT molecular complexity index is 459. The molecule has 4 nitrogen and oxygen atoms in total. The van der Waals surface area contributed by atoms with Crippen molar-refractivity contribution in [2.45, 2.75) is 6.92 Å². The van der Waals surface area contributed by atoms with E-state index in [0.29, 0.717) is 0 Å². The summed E-state index contributed by atoms with van der Waals surface area (Å²) in [4.78, 5) is 17.4. The van der Waals surface area contributed by atoms with Crippen LogP contribution in [-0.2, 0) is 9.53 Å². The standard InChI is InChI=1S/C14H18N2O2/c1-11-5-7-12(8-6-11)9-15-13(10-16(2)3)14(17)18-4/h5-10H,1-4H3. The molecule has 0 aliphatic rings. The largest absolute Gasteiger partial charge is 0.464 e. The smallest absolute Gasteiger partial charge is 0.358 e. The number of nitrogens with zero attached hydrogens (tertiary/aromatic N) is 2. The lowest BCUT2D eigenvalue weighted by Gasteiger charge is -2.06. The number of rotatable bonds is 4. The van der Waals surface area contributed by atoms with Crippen molar-refractivity contribution in [3.63, 3.8) is 0 Å². The Kier molecular flexibility index (Phi) is 5.11. The Hall–Kier alpha value is -2.10. The molecule has 1 rings (SSSR count). The fraction of sp³-hybridized carbons (Fsp3) is 0.286. The van der Waals surface area contributed by atoms with Gasteiger partial charge in [0.1, 0.15) is 0 Å². The van der Waals surface area contributed by atoms with Gasteiger partial charge in [0.15, 0.2) is 5.70 Å². The van der Waals surface area contributed by atoms with Gasteiger partial charge < -0.3 is 9.64 Å². The van der Waals surface area contributed by atoms with E-state index in [9.17, 15) is 4.79 Å². The van der Waals surface area contributed by atoms with Crippen LogP contribution >= 0.6 is 0 Å². The minimum Gasteiger partial charge on any atom is -0.464 e. The minimum atomic E-state index is -0.452. The Morgan fingerprint density at radius 1 is 1.28 bits per heavy atom. The van der Waals surface area contributed by atoms with Crippen molar-refractivity contribution in [3.8, 4) is 0 Å². The number of aliphatic imine (C=N–C) groups is 1. The lowest BCUT2D eigenvalue weighted by Crippen LogP contribution is -2.09. The van der Waals surface area contributed by atoms with Gasteiger partial charge in [0.25, 0.3) is 0 Å². The maximum Gasteiger partial charge on any atom is 0.358 e. The predicted octanol–water partition coefficient (Wildman–Crippen LogP) is 1.99. The van der Waals surface area contributed by atoms with Crippen LogP contribution in [0.3, 0.4) is 0 Å². The summed E-state index contributed by atoms with van der Waals surface area (Å²) >= 11 is 0. The van der Waals surface area contributed by atoms with E-state index in [1.54, 1.807) is 17.3 Å². The predicted molar refractivity (Wildman–Crippen MR) is 72.6 cm³/mol. The molecule has 0 amide bonds. The molecule has 0 aliphatic heterocycles. The molecular formula is C14H18N2O2. The van der Waals surface area contributed by atoms with Gasteiger partial charge in [-0.15, -0.1) is 0 Å². The molecule has 0 fully saturated rings.